The zero-order chi connectivity index (χ0) is 15.1. The van der Waals surface area contributed by atoms with Crippen LogP contribution in [0.4, 0.5) is 0 Å². The second-order valence-electron chi connectivity index (χ2n) is 5.33. The Balaban J connectivity index is 1.65. The van der Waals surface area contributed by atoms with Gasteiger partial charge in [0.15, 0.2) is 11.7 Å². The van der Waals surface area contributed by atoms with Crippen molar-refractivity contribution in [3.63, 3.8) is 0 Å². The van der Waals surface area contributed by atoms with E-state index in [-0.39, 0.29) is 5.91 Å². The predicted molar refractivity (Wildman–Crippen MR) is 82.3 cm³/mol. The van der Waals surface area contributed by atoms with E-state index in [2.05, 4.69) is 15.2 Å². The molecule has 21 heavy (non-hydrogen) atoms. The Bertz CT molecular complexity index is 490. The number of hydrogen-bond donors (Lipinski definition) is 2. The van der Waals surface area contributed by atoms with E-state index in [4.69, 9.17) is 10.2 Å². The molecule has 1 aliphatic heterocycles. The number of guanidine groups is 1. The first kappa shape index (κ1) is 15.4. The Hall–Kier alpha value is -1.98. The monoisotopic (exact) mass is 292 g/mol. The maximum atomic E-state index is 11.8. The van der Waals surface area contributed by atoms with Crippen molar-refractivity contribution in [1.82, 2.24) is 10.2 Å². The van der Waals surface area contributed by atoms with E-state index in [0.717, 1.165) is 25.1 Å². The zero-order valence-electron chi connectivity index (χ0n) is 12.6. The molecule has 6 nitrogen and oxygen atoms in total. The molecule has 1 saturated heterocycles. The number of aryl methyl sites for hydroxylation is 1. The lowest BCUT2D eigenvalue weighted by Crippen LogP contribution is -2.41. The minimum absolute atomic E-state index is 0.175. The van der Waals surface area contributed by atoms with E-state index in [0.29, 0.717) is 24.8 Å². The number of carbonyl (C=O) groups excluding carboxylic acids is 1. The van der Waals surface area contributed by atoms with Gasteiger partial charge in [0.1, 0.15) is 0 Å². The summed E-state index contributed by atoms with van der Waals surface area (Å²) in [5.41, 5.74) is 6.81. The third kappa shape index (κ3) is 4.51. The third-order valence-corrected chi connectivity index (χ3v) is 3.64. The summed E-state index contributed by atoms with van der Waals surface area (Å²) in [7, 11) is 0. The highest BCUT2D eigenvalue weighted by atomic mass is 16.3. The first-order valence-electron chi connectivity index (χ1n) is 7.55. The Morgan fingerprint density at radius 1 is 1.43 bits per heavy atom. The number of rotatable bonds is 5. The van der Waals surface area contributed by atoms with Crippen LogP contribution in [-0.2, 0) is 0 Å². The molecule has 2 heterocycles. The Labute approximate surface area is 125 Å². The van der Waals surface area contributed by atoms with Crippen LogP contribution in [-0.4, -0.2) is 42.9 Å². The van der Waals surface area contributed by atoms with Crippen molar-refractivity contribution in [2.45, 2.75) is 32.6 Å². The SMILES string of the molecule is Cc1ccoc1C(=O)NCCCN=C(N)N1CCCCC1. The van der Waals surface area contributed by atoms with Crippen LogP contribution in [0.1, 0.15) is 41.8 Å². The summed E-state index contributed by atoms with van der Waals surface area (Å²) in [5, 5.41) is 2.82. The van der Waals surface area contributed by atoms with E-state index in [1.165, 1.54) is 25.5 Å². The summed E-state index contributed by atoms with van der Waals surface area (Å²) in [6, 6.07) is 1.78. The number of nitrogens with zero attached hydrogens (tertiary/aromatic N) is 2. The normalized spacial score (nSPS) is 16.0. The minimum Gasteiger partial charge on any atom is -0.459 e. The van der Waals surface area contributed by atoms with Crippen molar-refractivity contribution in [1.29, 1.82) is 0 Å². The Morgan fingerprint density at radius 3 is 2.86 bits per heavy atom. The molecule has 1 aromatic rings. The molecule has 0 atom stereocenters. The molecule has 1 fully saturated rings. The van der Waals surface area contributed by atoms with Crippen molar-refractivity contribution < 1.29 is 9.21 Å². The molecule has 2 rings (SSSR count). The standard InChI is InChI=1S/C15H24N4O2/c1-12-6-11-21-13(12)14(20)17-7-5-8-18-15(16)19-9-3-2-4-10-19/h6,11H,2-5,7-10H2,1H3,(H2,16,18)(H,17,20). The number of amides is 1. The lowest BCUT2D eigenvalue weighted by molar-refractivity contribution is 0.0925. The maximum absolute atomic E-state index is 11.8. The molecule has 0 saturated carbocycles. The number of aliphatic imine (C=N–C) groups is 1. The summed E-state index contributed by atoms with van der Waals surface area (Å²) >= 11 is 0. The summed E-state index contributed by atoms with van der Waals surface area (Å²) < 4.78 is 5.13. The van der Waals surface area contributed by atoms with Crippen LogP contribution in [0.5, 0.6) is 0 Å². The molecule has 0 radical (unpaired) electrons. The topological polar surface area (TPSA) is 83.9 Å². The van der Waals surface area contributed by atoms with Crippen LogP contribution in [0.25, 0.3) is 0 Å². The second kappa shape index (κ2) is 7.71. The minimum atomic E-state index is -0.175. The number of nitrogens with two attached hydrogens (primary N) is 1. The van der Waals surface area contributed by atoms with Gasteiger partial charge in [0.2, 0.25) is 0 Å². The van der Waals surface area contributed by atoms with E-state index in [1.807, 2.05) is 6.92 Å². The fourth-order valence-corrected chi connectivity index (χ4v) is 2.38. The Kier molecular flexibility index (Phi) is 5.66. The van der Waals surface area contributed by atoms with Gasteiger partial charge >= 0.3 is 0 Å². The maximum Gasteiger partial charge on any atom is 0.287 e. The number of furan rings is 1. The van der Waals surface area contributed by atoms with Crippen molar-refractivity contribution in [3.8, 4) is 0 Å². The number of nitrogens with one attached hydrogen (secondary N) is 1. The molecule has 0 aromatic carbocycles. The summed E-state index contributed by atoms with van der Waals surface area (Å²) in [6.45, 7) is 5.05. The van der Waals surface area contributed by atoms with Gasteiger partial charge in [-0.25, -0.2) is 0 Å². The number of piperidine rings is 1. The van der Waals surface area contributed by atoms with Gasteiger partial charge in [0, 0.05) is 31.7 Å². The van der Waals surface area contributed by atoms with Gasteiger partial charge in [-0.3, -0.25) is 9.79 Å². The second-order valence-corrected chi connectivity index (χ2v) is 5.33. The van der Waals surface area contributed by atoms with Crippen LogP contribution in [0.3, 0.4) is 0 Å². The average Bonchev–Trinajstić information content (AvgIpc) is 2.93. The summed E-state index contributed by atoms with van der Waals surface area (Å²) in [6.07, 6.45) is 5.94. The molecule has 0 unspecified atom stereocenters. The molecule has 0 spiro atoms. The van der Waals surface area contributed by atoms with E-state index in [9.17, 15) is 4.79 Å². The Morgan fingerprint density at radius 2 is 2.19 bits per heavy atom. The van der Waals surface area contributed by atoms with Crippen LogP contribution in [0.2, 0.25) is 0 Å². The van der Waals surface area contributed by atoms with Crippen molar-refractivity contribution in [2.75, 3.05) is 26.2 Å². The number of carbonyl (C=O) groups is 1. The molecule has 1 aliphatic rings. The van der Waals surface area contributed by atoms with E-state index < -0.39 is 0 Å². The molecule has 1 amide bonds. The van der Waals surface area contributed by atoms with Crippen molar-refractivity contribution >= 4 is 11.9 Å². The van der Waals surface area contributed by atoms with E-state index in [1.54, 1.807) is 6.07 Å². The van der Waals surface area contributed by atoms with Crippen LogP contribution in [0.15, 0.2) is 21.7 Å². The van der Waals surface area contributed by atoms with Gasteiger partial charge in [-0.05, 0) is 38.7 Å². The molecule has 6 heteroatoms. The van der Waals surface area contributed by atoms with Gasteiger partial charge in [0.05, 0.1) is 6.26 Å². The van der Waals surface area contributed by atoms with Gasteiger partial charge in [0.25, 0.3) is 5.91 Å². The van der Waals surface area contributed by atoms with Crippen LogP contribution >= 0.6 is 0 Å². The fourth-order valence-electron chi connectivity index (χ4n) is 2.38. The highest BCUT2D eigenvalue weighted by Gasteiger charge is 2.12. The van der Waals surface area contributed by atoms with Crippen molar-refractivity contribution in [3.05, 3.63) is 23.7 Å². The third-order valence-electron chi connectivity index (χ3n) is 3.64. The van der Waals surface area contributed by atoms with E-state index >= 15 is 0 Å². The summed E-state index contributed by atoms with van der Waals surface area (Å²) in [4.78, 5) is 18.3. The molecular weight excluding hydrogens is 268 g/mol. The molecule has 1 aromatic heterocycles. The van der Waals surface area contributed by atoms with Crippen LogP contribution in [0, 0.1) is 6.92 Å². The molecule has 0 bridgehead atoms. The fraction of sp³-hybridized carbons (Fsp3) is 0.600. The quantitative estimate of drug-likeness (QED) is 0.489. The lowest BCUT2D eigenvalue weighted by atomic mass is 10.1. The first-order chi connectivity index (χ1) is 10.2. The van der Waals surface area contributed by atoms with Gasteiger partial charge in [-0.15, -0.1) is 0 Å². The zero-order valence-corrected chi connectivity index (χ0v) is 12.6. The number of hydrogen-bond acceptors (Lipinski definition) is 3. The molecular formula is C15H24N4O2. The smallest absolute Gasteiger partial charge is 0.287 e. The highest BCUT2D eigenvalue weighted by Crippen LogP contribution is 2.08. The van der Waals surface area contributed by atoms with Gasteiger partial charge in [-0.2, -0.15) is 0 Å². The number of likely N-dealkylation sites (tertiary alicyclic amines) is 1. The van der Waals surface area contributed by atoms with Crippen molar-refractivity contribution in [2.24, 2.45) is 10.7 Å². The average molecular weight is 292 g/mol. The van der Waals surface area contributed by atoms with Gasteiger partial charge < -0.3 is 20.4 Å². The first-order valence-corrected chi connectivity index (χ1v) is 7.55. The molecule has 3 N–H and O–H groups in total. The largest absolute Gasteiger partial charge is 0.459 e. The lowest BCUT2D eigenvalue weighted by Gasteiger charge is -2.27. The highest BCUT2D eigenvalue weighted by molar-refractivity contribution is 5.92. The van der Waals surface area contributed by atoms with Crippen LogP contribution < -0.4 is 11.1 Å². The molecule has 116 valence electrons. The molecule has 0 aliphatic carbocycles. The predicted octanol–water partition coefficient (Wildman–Crippen LogP) is 1.51. The summed E-state index contributed by atoms with van der Waals surface area (Å²) in [5.74, 6) is 0.833. The van der Waals surface area contributed by atoms with Gasteiger partial charge in [-0.1, -0.05) is 0 Å².